The number of thiazole rings is 1. The summed E-state index contributed by atoms with van der Waals surface area (Å²) in [5, 5.41) is 0. The fourth-order valence-electron chi connectivity index (χ4n) is 4.95. The van der Waals surface area contributed by atoms with Crippen LogP contribution in [0.2, 0.25) is 0 Å². The lowest BCUT2D eigenvalue weighted by Crippen LogP contribution is -2.39. The van der Waals surface area contributed by atoms with E-state index in [-0.39, 0.29) is 12.1 Å². The van der Waals surface area contributed by atoms with Crippen LogP contribution in [0.1, 0.15) is 59.0 Å². The van der Waals surface area contributed by atoms with Gasteiger partial charge in [-0.25, -0.2) is 9.97 Å². The first-order chi connectivity index (χ1) is 15.3. The molecule has 0 fully saturated rings. The third-order valence-corrected chi connectivity index (χ3v) is 7.28. The zero-order valence-corrected chi connectivity index (χ0v) is 18.3. The minimum atomic E-state index is 0.0986. The zero-order valence-electron chi connectivity index (χ0n) is 17.5. The van der Waals surface area contributed by atoms with Crippen molar-refractivity contribution in [1.82, 2.24) is 24.8 Å². The minimum Gasteiger partial charge on any atom is -0.347 e. The average Bonchev–Trinajstić information content (AvgIpc) is 3.51. The molecule has 0 aromatic carbocycles. The van der Waals surface area contributed by atoms with Crippen molar-refractivity contribution in [2.45, 2.75) is 50.9 Å². The van der Waals surface area contributed by atoms with Crippen LogP contribution in [0.25, 0.3) is 0 Å². The molecule has 3 aromatic rings. The molecule has 3 unspecified atom stereocenters. The van der Waals surface area contributed by atoms with Crippen LogP contribution in [-0.2, 0) is 19.5 Å². The number of aryl methyl sites for hydroxylation is 1. The second-order valence-electron chi connectivity index (χ2n) is 8.19. The van der Waals surface area contributed by atoms with Gasteiger partial charge >= 0.3 is 0 Å². The Hall–Kier alpha value is -2.61. The standard InChI is InChI=1S/C24H28N6S/c25-14-21-19(29-16-31-21)15-30(20-10-4-8-17-9-5-11-26-22(17)20)23(24-27-12-13-28-24)18-6-2-1-3-7-18/h1-3,5-6,9,11-13,16,18,20,23H,4,7-8,10,14-15,25H2,(H,27,28). The minimum absolute atomic E-state index is 0.0986. The normalized spacial score (nSPS) is 21.4. The molecule has 31 heavy (non-hydrogen) atoms. The maximum atomic E-state index is 6.04. The topological polar surface area (TPSA) is 83.7 Å². The molecule has 2 aliphatic rings. The van der Waals surface area contributed by atoms with Crippen molar-refractivity contribution >= 4 is 11.3 Å². The molecule has 7 heteroatoms. The molecule has 0 spiro atoms. The smallest absolute Gasteiger partial charge is 0.124 e. The maximum absolute atomic E-state index is 6.04. The van der Waals surface area contributed by atoms with Crippen LogP contribution < -0.4 is 5.73 Å². The first-order valence-electron chi connectivity index (χ1n) is 11.0. The highest BCUT2D eigenvalue weighted by molar-refractivity contribution is 7.09. The van der Waals surface area contributed by atoms with E-state index in [2.05, 4.69) is 46.3 Å². The molecule has 3 atom stereocenters. The van der Waals surface area contributed by atoms with E-state index in [9.17, 15) is 0 Å². The fourth-order valence-corrected chi connectivity index (χ4v) is 5.61. The first-order valence-corrected chi connectivity index (χ1v) is 11.9. The lowest BCUT2D eigenvalue weighted by Gasteiger charge is -2.42. The Labute approximate surface area is 187 Å². The van der Waals surface area contributed by atoms with Crippen molar-refractivity contribution in [2.75, 3.05) is 0 Å². The van der Waals surface area contributed by atoms with Crippen LogP contribution in [-0.4, -0.2) is 24.8 Å². The van der Waals surface area contributed by atoms with E-state index >= 15 is 0 Å². The molecule has 160 valence electrons. The van der Waals surface area contributed by atoms with Crippen LogP contribution in [0, 0.1) is 5.92 Å². The van der Waals surface area contributed by atoms with Gasteiger partial charge in [0.2, 0.25) is 0 Å². The van der Waals surface area contributed by atoms with Gasteiger partial charge in [0.1, 0.15) is 5.82 Å². The van der Waals surface area contributed by atoms with Gasteiger partial charge in [0.15, 0.2) is 0 Å². The number of nitrogens with one attached hydrogen (secondary N) is 1. The highest BCUT2D eigenvalue weighted by Gasteiger charge is 2.37. The lowest BCUT2D eigenvalue weighted by molar-refractivity contribution is 0.0746. The van der Waals surface area contributed by atoms with Gasteiger partial charge in [-0.15, -0.1) is 11.3 Å². The Morgan fingerprint density at radius 1 is 1.23 bits per heavy atom. The summed E-state index contributed by atoms with van der Waals surface area (Å²) in [5.74, 6) is 1.32. The summed E-state index contributed by atoms with van der Waals surface area (Å²) >= 11 is 1.64. The Balaban J connectivity index is 1.60. The molecule has 6 nitrogen and oxygen atoms in total. The van der Waals surface area contributed by atoms with Crippen LogP contribution in [0.15, 0.2) is 60.5 Å². The molecule has 0 bridgehead atoms. The molecule has 3 aromatic heterocycles. The predicted molar refractivity (Wildman–Crippen MR) is 123 cm³/mol. The number of hydrogen-bond acceptors (Lipinski definition) is 6. The number of aromatic amines is 1. The predicted octanol–water partition coefficient (Wildman–Crippen LogP) is 4.47. The van der Waals surface area contributed by atoms with E-state index in [1.807, 2.05) is 24.1 Å². The summed E-state index contributed by atoms with van der Waals surface area (Å²) < 4.78 is 0. The van der Waals surface area contributed by atoms with Gasteiger partial charge < -0.3 is 10.7 Å². The number of H-pyrrole nitrogens is 1. The molecule has 2 aliphatic carbocycles. The maximum Gasteiger partial charge on any atom is 0.124 e. The Kier molecular flexibility index (Phi) is 6.06. The van der Waals surface area contributed by atoms with E-state index in [0.717, 1.165) is 48.6 Å². The van der Waals surface area contributed by atoms with Crippen molar-refractivity contribution in [2.24, 2.45) is 11.7 Å². The summed E-state index contributed by atoms with van der Waals surface area (Å²) in [4.78, 5) is 21.4. The zero-order chi connectivity index (χ0) is 21.0. The van der Waals surface area contributed by atoms with Gasteiger partial charge in [0.25, 0.3) is 0 Å². The van der Waals surface area contributed by atoms with Crippen molar-refractivity contribution < 1.29 is 0 Å². The molecule has 0 radical (unpaired) electrons. The van der Waals surface area contributed by atoms with E-state index in [1.54, 1.807) is 11.3 Å². The number of rotatable bonds is 7. The van der Waals surface area contributed by atoms with E-state index in [0.29, 0.717) is 12.5 Å². The number of nitrogens with two attached hydrogens (primary N) is 1. The highest BCUT2D eigenvalue weighted by Crippen LogP contribution is 2.43. The summed E-state index contributed by atoms with van der Waals surface area (Å²) in [6, 6.07) is 4.59. The molecule has 3 N–H and O–H groups in total. The molecule has 0 amide bonds. The van der Waals surface area contributed by atoms with Crippen LogP contribution in [0.3, 0.4) is 0 Å². The van der Waals surface area contributed by atoms with Crippen LogP contribution in [0.4, 0.5) is 0 Å². The second-order valence-corrected chi connectivity index (χ2v) is 9.13. The van der Waals surface area contributed by atoms with Crippen molar-refractivity contribution in [3.8, 4) is 0 Å². The van der Waals surface area contributed by atoms with Gasteiger partial charge in [-0.1, -0.05) is 30.4 Å². The number of nitrogens with zero attached hydrogens (tertiary/aromatic N) is 4. The van der Waals surface area contributed by atoms with Gasteiger partial charge in [-0.2, -0.15) is 0 Å². The number of allylic oxidation sites excluding steroid dienone is 3. The Bertz CT molecular complexity index is 1050. The van der Waals surface area contributed by atoms with Gasteiger partial charge in [-0.3, -0.25) is 9.88 Å². The highest BCUT2D eigenvalue weighted by atomic mass is 32.1. The largest absolute Gasteiger partial charge is 0.347 e. The van der Waals surface area contributed by atoms with Gasteiger partial charge in [-0.05, 0) is 37.3 Å². The van der Waals surface area contributed by atoms with Gasteiger partial charge in [0, 0.05) is 42.5 Å². The third-order valence-electron chi connectivity index (χ3n) is 6.38. The fraction of sp³-hybridized carbons (Fsp3) is 0.375. The molecule has 0 aliphatic heterocycles. The van der Waals surface area contributed by atoms with Crippen molar-refractivity contribution in [1.29, 1.82) is 0 Å². The number of imidazole rings is 1. The summed E-state index contributed by atoms with van der Waals surface area (Å²) in [5.41, 5.74) is 11.6. The molecule has 0 saturated heterocycles. The number of pyridine rings is 1. The number of aromatic nitrogens is 4. The Morgan fingerprint density at radius 3 is 3.00 bits per heavy atom. The molecule has 3 heterocycles. The average molecular weight is 433 g/mol. The third kappa shape index (κ3) is 4.13. The monoisotopic (exact) mass is 432 g/mol. The number of fused-ring (bicyclic) bond motifs is 1. The number of hydrogen-bond donors (Lipinski definition) is 2. The van der Waals surface area contributed by atoms with E-state index in [1.165, 1.54) is 11.3 Å². The van der Waals surface area contributed by atoms with Crippen LogP contribution >= 0.6 is 11.3 Å². The molecular formula is C24H28N6S. The molecular weight excluding hydrogens is 404 g/mol. The SMILES string of the molecule is NCc1scnc1CN(C1CCCc2cccnc21)C(c1ncc[nH]1)C1C=CC=CC1. The van der Waals surface area contributed by atoms with Crippen LogP contribution in [0.5, 0.6) is 0 Å². The summed E-state index contributed by atoms with van der Waals surface area (Å²) in [6.45, 7) is 1.25. The molecule has 0 saturated carbocycles. The second kappa shape index (κ2) is 9.26. The lowest BCUT2D eigenvalue weighted by atomic mass is 9.85. The van der Waals surface area contributed by atoms with E-state index < -0.39 is 0 Å². The summed E-state index contributed by atoms with van der Waals surface area (Å²) in [6.07, 6.45) is 18.9. The van der Waals surface area contributed by atoms with Gasteiger partial charge in [0.05, 0.1) is 29.0 Å². The summed E-state index contributed by atoms with van der Waals surface area (Å²) in [7, 11) is 0. The first kappa shape index (κ1) is 20.3. The quantitative estimate of drug-likeness (QED) is 0.575. The molecule has 5 rings (SSSR count). The van der Waals surface area contributed by atoms with Crippen molar-refractivity contribution in [3.05, 3.63) is 88.2 Å². The van der Waals surface area contributed by atoms with Crippen molar-refractivity contribution in [3.63, 3.8) is 0 Å². The Morgan fingerprint density at radius 2 is 2.19 bits per heavy atom. The van der Waals surface area contributed by atoms with E-state index in [4.69, 9.17) is 20.7 Å².